The molecule has 0 saturated heterocycles. The van der Waals surface area contributed by atoms with Gasteiger partial charge in [-0.05, 0) is 41.0 Å². The molecule has 0 unspecified atom stereocenters. The van der Waals surface area contributed by atoms with Crippen molar-refractivity contribution in [1.82, 2.24) is 9.97 Å². The van der Waals surface area contributed by atoms with Crippen molar-refractivity contribution in [3.8, 4) is 22.3 Å². The third-order valence-electron chi connectivity index (χ3n) is 4.51. The first-order chi connectivity index (χ1) is 14.1. The number of anilines is 3. The molecule has 0 aliphatic heterocycles. The molecular formula is C23H19ClN4O2. The Labute approximate surface area is 179 Å². The topological polar surface area (TPSA) is 101 Å². The van der Waals surface area contributed by atoms with Crippen LogP contribution in [0.3, 0.4) is 0 Å². The van der Waals surface area contributed by atoms with Gasteiger partial charge in [0.15, 0.2) is 0 Å². The van der Waals surface area contributed by atoms with E-state index in [1.807, 2.05) is 54.6 Å². The van der Waals surface area contributed by atoms with Gasteiger partial charge in [0.25, 0.3) is 0 Å². The summed E-state index contributed by atoms with van der Waals surface area (Å²) in [5, 5.41) is 12.0. The van der Waals surface area contributed by atoms with Crippen molar-refractivity contribution in [2.45, 2.75) is 0 Å². The molecule has 0 aliphatic rings. The molecular weight excluding hydrogens is 400 g/mol. The highest BCUT2D eigenvalue weighted by molar-refractivity contribution is 5.88. The Morgan fingerprint density at radius 1 is 0.833 bits per heavy atom. The van der Waals surface area contributed by atoms with E-state index in [1.165, 1.54) is 12.1 Å². The summed E-state index contributed by atoms with van der Waals surface area (Å²) in [6.45, 7) is 0. The normalized spacial score (nSPS) is 10.1. The van der Waals surface area contributed by atoms with E-state index in [-0.39, 0.29) is 18.0 Å². The number of nitrogen functional groups attached to an aromatic ring is 1. The molecule has 150 valence electrons. The maximum atomic E-state index is 11.0. The van der Waals surface area contributed by atoms with Gasteiger partial charge < -0.3 is 16.2 Å². The standard InChI is InChI=1S/C23H18N4O2.ClH/c24-21-20(19-9-5-4-8-18(19)15-6-2-1-3-7-15)14-25-23(27-21)26-17-12-10-16(11-13-17)22(28)29;/h1-14H,(H,28,29)(H3,24,25,26,27);1H. The van der Waals surface area contributed by atoms with Crippen LogP contribution < -0.4 is 11.1 Å². The third-order valence-corrected chi connectivity index (χ3v) is 4.51. The van der Waals surface area contributed by atoms with Gasteiger partial charge in [0.1, 0.15) is 5.82 Å². The summed E-state index contributed by atoms with van der Waals surface area (Å²) in [5.41, 5.74) is 11.0. The highest BCUT2D eigenvalue weighted by Crippen LogP contribution is 2.34. The first-order valence-electron chi connectivity index (χ1n) is 8.99. The summed E-state index contributed by atoms with van der Waals surface area (Å²) in [6, 6.07) is 24.4. The zero-order valence-electron chi connectivity index (χ0n) is 15.8. The van der Waals surface area contributed by atoms with Crippen molar-refractivity contribution in [3.05, 3.63) is 90.6 Å². The highest BCUT2D eigenvalue weighted by Gasteiger charge is 2.12. The van der Waals surface area contributed by atoms with E-state index >= 15 is 0 Å². The molecule has 0 amide bonds. The maximum Gasteiger partial charge on any atom is 0.335 e. The minimum Gasteiger partial charge on any atom is -0.478 e. The molecule has 7 heteroatoms. The molecule has 0 aliphatic carbocycles. The number of hydrogen-bond donors (Lipinski definition) is 3. The van der Waals surface area contributed by atoms with Crippen LogP contribution in [0.25, 0.3) is 22.3 Å². The smallest absolute Gasteiger partial charge is 0.335 e. The van der Waals surface area contributed by atoms with E-state index in [9.17, 15) is 4.79 Å². The molecule has 4 N–H and O–H groups in total. The number of aromatic carboxylic acids is 1. The SMILES string of the molecule is Cl.Nc1nc(Nc2ccc(C(=O)O)cc2)ncc1-c1ccccc1-c1ccccc1. The monoisotopic (exact) mass is 418 g/mol. The molecule has 1 heterocycles. The molecule has 4 rings (SSSR count). The molecule has 3 aromatic carbocycles. The van der Waals surface area contributed by atoms with Crippen LogP contribution >= 0.6 is 12.4 Å². The lowest BCUT2D eigenvalue weighted by Gasteiger charge is -2.12. The Balaban J connectivity index is 0.00000256. The molecule has 6 nitrogen and oxygen atoms in total. The molecule has 0 spiro atoms. The number of carboxylic acid groups (broad SMARTS) is 1. The molecule has 30 heavy (non-hydrogen) atoms. The number of nitrogens with zero attached hydrogens (tertiary/aromatic N) is 2. The van der Waals surface area contributed by atoms with Crippen LogP contribution in [-0.4, -0.2) is 21.0 Å². The van der Waals surface area contributed by atoms with E-state index in [0.29, 0.717) is 17.5 Å². The first kappa shape index (κ1) is 20.8. The van der Waals surface area contributed by atoms with Gasteiger partial charge in [-0.15, -0.1) is 12.4 Å². The lowest BCUT2D eigenvalue weighted by molar-refractivity contribution is 0.0697. The number of nitrogens with one attached hydrogen (secondary N) is 1. The number of rotatable bonds is 5. The summed E-state index contributed by atoms with van der Waals surface area (Å²) in [5.74, 6) is -0.280. The fraction of sp³-hybridized carbons (Fsp3) is 0. The predicted octanol–water partition coefficient (Wildman–Crippen LogP) is 5.26. The quantitative estimate of drug-likeness (QED) is 0.409. The first-order valence-corrected chi connectivity index (χ1v) is 8.99. The van der Waals surface area contributed by atoms with E-state index in [1.54, 1.807) is 18.3 Å². The Hall–Kier alpha value is -3.90. The fourth-order valence-corrected chi connectivity index (χ4v) is 3.08. The highest BCUT2D eigenvalue weighted by atomic mass is 35.5. The average molecular weight is 419 g/mol. The van der Waals surface area contributed by atoms with Crippen molar-refractivity contribution in [1.29, 1.82) is 0 Å². The Morgan fingerprint density at radius 3 is 2.10 bits per heavy atom. The van der Waals surface area contributed by atoms with Crippen molar-refractivity contribution in [3.63, 3.8) is 0 Å². The van der Waals surface area contributed by atoms with Crippen LogP contribution in [0.2, 0.25) is 0 Å². The van der Waals surface area contributed by atoms with Gasteiger partial charge in [-0.1, -0.05) is 54.6 Å². The molecule has 1 aromatic heterocycles. The van der Waals surface area contributed by atoms with E-state index in [4.69, 9.17) is 10.8 Å². The van der Waals surface area contributed by atoms with Crippen LogP contribution in [-0.2, 0) is 0 Å². The second kappa shape index (κ2) is 9.07. The van der Waals surface area contributed by atoms with Gasteiger partial charge in [-0.25, -0.2) is 9.78 Å². The van der Waals surface area contributed by atoms with Crippen molar-refractivity contribution >= 4 is 35.8 Å². The summed E-state index contributed by atoms with van der Waals surface area (Å²) < 4.78 is 0. The number of benzene rings is 3. The van der Waals surface area contributed by atoms with Crippen LogP contribution in [0.4, 0.5) is 17.5 Å². The van der Waals surface area contributed by atoms with Crippen LogP contribution in [0, 0.1) is 0 Å². The zero-order valence-corrected chi connectivity index (χ0v) is 16.6. The molecule has 0 saturated carbocycles. The van der Waals surface area contributed by atoms with Gasteiger partial charge >= 0.3 is 5.97 Å². The number of nitrogens with two attached hydrogens (primary N) is 1. The number of aromatic nitrogens is 2. The number of carboxylic acids is 1. The average Bonchev–Trinajstić information content (AvgIpc) is 2.75. The second-order valence-corrected chi connectivity index (χ2v) is 6.41. The largest absolute Gasteiger partial charge is 0.478 e. The molecule has 0 fully saturated rings. The summed E-state index contributed by atoms with van der Waals surface area (Å²) in [7, 11) is 0. The zero-order chi connectivity index (χ0) is 20.2. The van der Waals surface area contributed by atoms with Crippen molar-refractivity contribution in [2.75, 3.05) is 11.1 Å². The Bertz CT molecular complexity index is 1170. The second-order valence-electron chi connectivity index (χ2n) is 6.41. The predicted molar refractivity (Wildman–Crippen MR) is 121 cm³/mol. The minimum atomic E-state index is -0.974. The molecule has 0 bridgehead atoms. The van der Waals surface area contributed by atoms with Gasteiger partial charge in [0, 0.05) is 17.4 Å². The summed E-state index contributed by atoms with van der Waals surface area (Å²) >= 11 is 0. The fourth-order valence-electron chi connectivity index (χ4n) is 3.08. The van der Waals surface area contributed by atoms with Crippen LogP contribution in [0.5, 0.6) is 0 Å². The van der Waals surface area contributed by atoms with E-state index in [2.05, 4.69) is 15.3 Å². The van der Waals surface area contributed by atoms with Crippen LogP contribution in [0.1, 0.15) is 10.4 Å². The van der Waals surface area contributed by atoms with Gasteiger partial charge in [0.05, 0.1) is 5.56 Å². The van der Waals surface area contributed by atoms with E-state index in [0.717, 1.165) is 22.3 Å². The maximum absolute atomic E-state index is 11.0. The van der Waals surface area contributed by atoms with Crippen molar-refractivity contribution in [2.24, 2.45) is 0 Å². The molecule has 4 aromatic rings. The summed E-state index contributed by atoms with van der Waals surface area (Å²) in [6.07, 6.45) is 1.69. The lowest BCUT2D eigenvalue weighted by atomic mass is 9.96. The van der Waals surface area contributed by atoms with Crippen LogP contribution in [0.15, 0.2) is 85.1 Å². The van der Waals surface area contributed by atoms with Crippen molar-refractivity contribution < 1.29 is 9.90 Å². The Kier molecular flexibility index (Phi) is 6.29. The van der Waals surface area contributed by atoms with Gasteiger partial charge in [0.2, 0.25) is 5.95 Å². The van der Waals surface area contributed by atoms with Gasteiger partial charge in [-0.2, -0.15) is 4.98 Å². The minimum absolute atomic E-state index is 0. The molecule has 0 radical (unpaired) electrons. The lowest BCUT2D eigenvalue weighted by Crippen LogP contribution is -2.03. The Morgan fingerprint density at radius 2 is 1.47 bits per heavy atom. The van der Waals surface area contributed by atoms with E-state index < -0.39 is 5.97 Å². The third kappa shape index (κ3) is 4.39. The number of hydrogen-bond acceptors (Lipinski definition) is 5. The summed E-state index contributed by atoms with van der Waals surface area (Å²) in [4.78, 5) is 19.7. The number of halogens is 1. The number of carbonyl (C=O) groups is 1. The molecule has 0 atom stereocenters. The van der Waals surface area contributed by atoms with Gasteiger partial charge in [-0.3, -0.25) is 0 Å².